The number of furan rings is 1. The van der Waals surface area contributed by atoms with Crippen LogP contribution < -0.4 is 0 Å². The Bertz CT molecular complexity index is 633. The number of likely N-dealkylation sites (tertiary alicyclic amines) is 1. The highest BCUT2D eigenvalue weighted by atomic mass is 16.5. The molecule has 1 saturated heterocycles. The fraction of sp³-hybridized carbons (Fsp3) is 0.579. The molecule has 0 spiro atoms. The third kappa shape index (κ3) is 3.71. The number of amides is 1. The number of piperidine rings is 1. The third-order valence-corrected chi connectivity index (χ3v) is 4.86. The van der Waals surface area contributed by atoms with Crippen molar-refractivity contribution in [3.63, 3.8) is 0 Å². The second-order valence-corrected chi connectivity index (χ2v) is 6.69. The summed E-state index contributed by atoms with van der Waals surface area (Å²) in [4.78, 5) is 26.1. The topological polar surface area (TPSA) is 59.8 Å². The molecule has 5 heteroatoms. The van der Waals surface area contributed by atoms with Crippen molar-refractivity contribution in [3.05, 3.63) is 29.7 Å². The lowest BCUT2D eigenvalue weighted by atomic mass is 10.0. The molecule has 2 heterocycles. The van der Waals surface area contributed by atoms with E-state index in [1.807, 2.05) is 12.1 Å². The van der Waals surface area contributed by atoms with Gasteiger partial charge in [-0.05, 0) is 56.7 Å². The Kier molecular flexibility index (Phi) is 5.07. The molecule has 1 amide bonds. The van der Waals surface area contributed by atoms with Crippen LogP contribution in [-0.4, -0.2) is 36.0 Å². The summed E-state index contributed by atoms with van der Waals surface area (Å²) in [5.74, 6) is 2.43. The molecule has 1 aromatic heterocycles. The van der Waals surface area contributed by atoms with Crippen molar-refractivity contribution < 1.29 is 18.7 Å². The van der Waals surface area contributed by atoms with E-state index >= 15 is 0 Å². The van der Waals surface area contributed by atoms with Gasteiger partial charge in [0.05, 0.1) is 6.61 Å². The van der Waals surface area contributed by atoms with Crippen LogP contribution in [0, 0.1) is 5.92 Å². The van der Waals surface area contributed by atoms with Crippen LogP contribution in [0.1, 0.15) is 57.0 Å². The summed E-state index contributed by atoms with van der Waals surface area (Å²) in [6, 6.07) is 3.42. The quantitative estimate of drug-likeness (QED) is 0.613. The summed E-state index contributed by atoms with van der Waals surface area (Å²) in [7, 11) is 0. The van der Waals surface area contributed by atoms with E-state index in [-0.39, 0.29) is 11.9 Å². The van der Waals surface area contributed by atoms with Crippen LogP contribution in [-0.2, 0) is 14.3 Å². The second-order valence-electron chi connectivity index (χ2n) is 6.69. The van der Waals surface area contributed by atoms with E-state index in [4.69, 9.17) is 9.15 Å². The number of esters is 1. The number of rotatable bonds is 5. The summed E-state index contributed by atoms with van der Waals surface area (Å²) >= 11 is 0. The number of ether oxygens (including phenoxy) is 1. The zero-order valence-corrected chi connectivity index (χ0v) is 14.4. The lowest BCUT2D eigenvalue weighted by Gasteiger charge is -2.33. The van der Waals surface area contributed by atoms with Crippen LogP contribution >= 0.6 is 0 Å². The predicted molar refractivity (Wildman–Crippen MR) is 90.2 cm³/mol. The fourth-order valence-electron chi connectivity index (χ4n) is 3.30. The van der Waals surface area contributed by atoms with Crippen molar-refractivity contribution >= 4 is 18.0 Å². The Morgan fingerprint density at radius 2 is 2.17 bits per heavy atom. The molecule has 3 unspecified atom stereocenters. The molecular formula is C19H25NO4. The van der Waals surface area contributed by atoms with Crippen molar-refractivity contribution in [2.45, 2.75) is 51.5 Å². The van der Waals surface area contributed by atoms with Crippen LogP contribution in [0.25, 0.3) is 6.08 Å². The van der Waals surface area contributed by atoms with E-state index in [2.05, 4.69) is 6.92 Å². The van der Waals surface area contributed by atoms with Gasteiger partial charge in [-0.15, -0.1) is 0 Å². The van der Waals surface area contributed by atoms with Crippen molar-refractivity contribution in [2.75, 3.05) is 13.2 Å². The molecule has 0 aromatic carbocycles. The monoisotopic (exact) mass is 331 g/mol. The zero-order chi connectivity index (χ0) is 17.1. The lowest BCUT2D eigenvalue weighted by Crippen LogP contribution is -2.48. The van der Waals surface area contributed by atoms with Crippen LogP contribution in [0.5, 0.6) is 0 Å². The smallest absolute Gasteiger partial charge is 0.328 e. The van der Waals surface area contributed by atoms with Gasteiger partial charge >= 0.3 is 5.97 Å². The second kappa shape index (κ2) is 7.24. The Labute approximate surface area is 142 Å². The van der Waals surface area contributed by atoms with Gasteiger partial charge in [-0.3, -0.25) is 4.79 Å². The lowest BCUT2D eigenvalue weighted by molar-refractivity contribution is -0.155. The maximum absolute atomic E-state index is 12.5. The first-order valence-corrected chi connectivity index (χ1v) is 8.85. The van der Waals surface area contributed by atoms with Gasteiger partial charge in [-0.1, -0.05) is 6.92 Å². The molecule has 130 valence electrons. The maximum atomic E-state index is 12.5. The van der Waals surface area contributed by atoms with Crippen LogP contribution in [0.15, 0.2) is 22.6 Å². The molecule has 0 radical (unpaired) electrons. The van der Waals surface area contributed by atoms with Gasteiger partial charge in [0.2, 0.25) is 5.91 Å². The average molecular weight is 331 g/mol. The first kappa shape index (κ1) is 16.8. The highest BCUT2D eigenvalue weighted by Gasteiger charge is 2.36. The molecule has 3 atom stereocenters. The molecule has 0 N–H and O–H groups in total. The number of carbonyl (C=O) groups excluding carboxylic acids is 2. The van der Waals surface area contributed by atoms with E-state index < -0.39 is 6.04 Å². The number of carbonyl (C=O) groups is 2. The summed E-state index contributed by atoms with van der Waals surface area (Å²) in [5.41, 5.74) is 0. The van der Waals surface area contributed by atoms with Gasteiger partial charge in [0.25, 0.3) is 0 Å². The molecule has 0 bridgehead atoms. The summed E-state index contributed by atoms with van der Waals surface area (Å²) in [6.07, 6.45) is 6.89. The third-order valence-electron chi connectivity index (χ3n) is 4.86. The molecule has 2 fully saturated rings. The van der Waals surface area contributed by atoms with Gasteiger partial charge in [-0.2, -0.15) is 0 Å². The van der Waals surface area contributed by atoms with E-state index in [0.717, 1.165) is 18.6 Å². The first-order chi connectivity index (χ1) is 11.6. The van der Waals surface area contributed by atoms with E-state index in [9.17, 15) is 9.59 Å². The van der Waals surface area contributed by atoms with Crippen LogP contribution in [0.2, 0.25) is 0 Å². The first-order valence-electron chi connectivity index (χ1n) is 8.85. The van der Waals surface area contributed by atoms with Crippen molar-refractivity contribution in [1.82, 2.24) is 4.90 Å². The summed E-state index contributed by atoms with van der Waals surface area (Å²) in [5, 5.41) is 0. The normalized spacial score (nSPS) is 26.6. The standard InChI is InChI=1S/C19H25NO4/c1-3-23-19(22)16-6-4-5-11-20(16)18(21)10-8-14-7-9-17(24-14)15-12-13(15)2/h7-10,13,15-16H,3-6,11-12H2,1-2H3/b10-8+. The van der Waals surface area contributed by atoms with E-state index in [1.165, 1.54) is 12.5 Å². The van der Waals surface area contributed by atoms with E-state index in [1.54, 1.807) is 17.9 Å². The van der Waals surface area contributed by atoms with Crippen LogP contribution in [0.4, 0.5) is 0 Å². The molecule has 3 rings (SSSR count). The van der Waals surface area contributed by atoms with Gasteiger partial charge in [0.15, 0.2) is 0 Å². The highest BCUT2D eigenvalue weighted by molar-refractivity contribution is 5.94. The Balaban J connectivity index is 1.63. The van der Waals surface area contributed by atoms with Crippen LogP contribution in [0.3, 0.4) is 0 Å². The van der Waals surface area contributed by atoms with E-state index in [0.29, 0.717) is 37.2 Å². The zero-order valence-electron chi connectivity index (χ0n) is 14.4. The van der Waals surface area contributed by atoms with Gasteiger partial charge in [-0.25, -0.2) is 4.79 Å². The van der Waals surface area contributed by atoms with Gasteiger partial charge in [0.1, 0.15) is 17.6 Å². The predicted octanol–water partition coefficient (Wildman–Crippen LogP) is 3.36. The number of hydrogen-bond donors (Lipinski definition) is 0. The molecule has 1 aromatic rings. The average Bonchev–Trinajstić information content (AvgIpc) is 3.13. The minimum Gasteiger partial charge on any atom is -0.464 e. The van der Waals surface area contributed by atoms with Gasteiger partial charge < -0.3 is 14.1 Å². The summed E-state index contributed by atoms with van der Waals surface area (Å²) < 4.78 is 10.9. The molecule has 1 saturated carbocycles. The summed E-state index contributed by atoms with van der Waals surface area (Å²) in [6.45, 7) is 4.91. The molecule has 2 aliphatic rings. The Morgan fingerprint density at radius 3 is 2.88 bits per heavy atom. The highest BCUT2D eigenvalue weighted by Crippen LogP contribution is 2.47. The molecule has 5 nitrogen and oxygen atoms in total. The minimum atomic E-state index is -0.463. The molecule has 24 heavy (non-hydrogen) atoms. The minimum absolute atomic E-state index is 0.162. The largest absolute Gasteiger partial charge is 0.464 e. The molecule has 1 aliphatic carbocycles. The molecule has 1 aliphatic heterocycles. The Morgan fingerprint density at radius 1 is 1.38 bits per heavy atom. The SMILES string of the molecule is CCOC(=O)C1CCCCN1C(=O)/C=C/c1ccc(C2CC2C)o1. The maximum Gasteiger partial charge on any atom is 0.328 e. The Hall–Kier alpha value is -2.04. The number of nitrogens with zero attached hydrogens (tertiary/aromatic N) is 1. The van der Waals surface area contributed by atoms with Crippen molar-refractivity contribution in [3.8, 4) is 0 Å². The molecular weight excluding hydrogens is 306 g/mol. The van der Waals surface area contributed by atoms with Crippen molar-refractivity contribution in [2.24, 2.45) is 5.92 Å². The van der Waals surface area contributed by atoms with Crippen molar-refractivity contribution in [1.29, 1.82) is 0 Å². The van der Waals surface area contributed by atoms with Gasteiger partial charge in [0, 0.05) is 18.5 Å². The number of hydrogen-bond acceptors (Lipinski definition) is 4. The fourth-order valence-corrected chi connectivity index (χ4v) is 3.30.